The Hall–Kier alpha value is -0.360. The van der Waals surface area contributed by atoms with Crippen LogP contribution in [0.15, 0.2) is 24.3 Å². The van der Waals surface area contributed by atoms with Crippen LogP contribution in [-0.4, -0.2) is 36.8 Å². The normalized spacial score (nSPS) is 14.4. The van der Waals surface area contributed by atoms with E-state index in [-0.39, 0.29) is 53.9 Å². The first kappa shape index (κ1) is 22.6. The van der Waals surface area contributed by atoms with E-state index in [1.165, 1.54) is 38.1 Å². The summed E-state index contributed by atoms with van der Waals surface area (Å²) in [7, 11) is -8.66. The molecule has 0 aliphatic carbocycles. The smallest absolute Gasteiger partial charge is 0.472 e. The topological polar surface area (TPSA) is 127 Å². The zero-order chi connectivity index (χ0) is 17.0. The second-order valence-corrected chi connectivity index (χ2v) is 7.52. The summed E-state index contributed by atoms with van der Waals surface area (Å²) in [6.07, 6.45) is 0.107. The Morgan fingerprint density at radius 1 is 0.826 bits per heavy atom. The van der Waals surface area contributed by atoms with Crippen molar-refractivity contribution >= 4 is 20.2 Å². The Bertz CT molecular complexity index is 623. The van der Waals surface area contributed by atoms with Crippen LogP contribution in [0.4, 0.5) is 0 Å². The molecular weight excluding hydrogens is 359 g/mol. The molecule has 0 aliphatic heterocycles. The van der Waals surface area contributed by atoms with Crippen LogP contribution in [0.2, 0.25) is 0 Å². The SMILES string of the molecule is CCC(Oc1ccc(OC(CC)S(=O)(=O)O)cc1)S(=O)(=O)O.[Na+]. The Kier molecular flexibility index (Phi) is 9.06. The number of ether oxygens (including phenoxy) is 2. The van der Waals surface area contributed by atoms with Crippen LogP contribution in [0, 0.1) is 0 Å². The minimum absolute atomic E-state index is 0. The third-order valence-electron chi connectivity index (χ3n) is 2.69. The van der Waals surface area contributed by atoms with Gasteiger partial charge in [0.15, 0.2) is 0 Å². The van der Waals surface area contributed by atoms with E-state index < -0.39 is 31.1 Å². The van der Waals surface area contributed by atoms with Crippen molar-refractivity contribution in [1.82, 2.24) is 0 Å². The van der Waals surface area contributed by atoms with Crippen LogP contribution in [0.25, 0.3) is 0 Å². The van der Waals surface area contributed by atoms with Crippen molar-refractivity contribution in [2.24, 2.45) is 0 Å². The van der Waals surface area contributed by atoms with E-state index in [4.69, 9.17) is 18.6 Å². The predicted molar refractivity (Wildman–Crippen MR) is 79.0 cm³/mol. The largest absolute Gasteiger partial charge is 1.00 e. The molecule has 0 radical (unpaired) electrons. The molecule has 0 spiro atoms. The monoisotopic (exact) mass is 377 g/mol. The Balaban J connectivity index is 0.00000484. The number of hydrogen-bond donors (Lipinski definition) is 2. The van der Waals surface area contributed by atoms with Gasteiger partial charge in [-0.15, -0.1) is 0 Å². The van der Waals surface area contributed by atoms with Gasteiger partial charge < -0.3 is 9.47 Å². The average Bonchev–Trinajstić information content (AvgIpc) is 2.40. The molecule has 0 amide bonds. The summed E-state index contributed by atoms with van der Waals surface area (Å²) in [5.74, 6) is 0.327. The molecule has 11 heteroatoms. The fourth-order valence-electron chi connectivity index (χ4n) is 1.61. The summed E-state index contributed by atoms with van der Waals surface area (Å²) in [6, 6.07) is 5.44. The van der Waals surface area contributed by atoms with Gasteiger partial charge in [0, 0.05) is 0 Å². The molecule has 1 aromatic rings. The van der Waals surface area contributed by atoms with Crippen LogP contribution in [0.5, 0.6) is 11.5 Å². The van der Waals surface area contributed by atoms with Crippen molar-refractivity contribution in [3.8, 4) is 11.5 Å². The van der Waals surface area contributed by atoms with E-state index in [2.05, 4.69) is 0 Å². The van der Waals surface area contributed by atoms with Gasteiger partial charge in [0.25, 0.3) is 0 Å². The van der Waals surface area contributed by atoms with Crippen molar-refractivity contribution in [2.75, 3.05) is 0 Å². The summed E-state index contributed by atoms with van der Waals surface area (Å²) in [4.78, 5) is 0. The molecule has 0 saturated carbocycles. The maximum absolute atomic E-state index is 11.0. The van der Waals surface area contributed by atoms with Crippen molar-refractivity contribution < 1.29 is 65.0 Å². The van der Waals surface area contributed by atoms with Crippen LogP contribution in [-0.2, 0) is 20.2 Å². The summed E-state index contributed by atoms with van der Waals surface area (Å²) in [5, 5.41) is 0. The first-order chi connectivity index (χ1) is 10.1. The fourth-order valence-corrected chi connectivity index (χ4v) is 2.92. The van der Waals surface area contributed by atoms with Crippen molar-refractivity contribution in [3.05, 3.63) is 24.3 Å². The molecule has 2 atom stereocenters. The molecule has 1 rings (SSSR count). The van der Waals surface area contributed by atoms with Gasteiger partial charge in [0.05, 0.1) is 0 Å². The number of benzene rings is 1. The minimum Gasteiger partial charge on any atom is -0.472 e. The van der Waals surface area contributed by atoms with Crippen molar-refractivity contribution in [3.63, 3.8) is 0 Å². The Morgan fingerprint density at radius 3 is 1.26 bits per heavy atom. The maximum Gasteiger partial charge on any atom is 1.00 e. The van der Waals surface area contributed by atoms with Crippen molar-refractivity contribution in [2.45, 2.75) is 37.6 Å². The number of hydrogen-bond acceptors (Lipinski definition) is 6. The fraction of sp³-hybridized carbons (Fsp3) is 0.500. The Morgan fingerprint density at radius 2 is 1.09 bits per heavy atom. The summed E-state index contributed by atoms with van der Waals surface area (Å²) >= 11 is 0. The van der Waals surface area contributed by atoms with Gasteiger partial charge in [0.2, 0.25) is 10.9 Å². The average molecular weight is 377 g/mol. The molecule has 0 saturated heterocycles. The van der Waals surface area contributed by atoms with Crippen LogP contribution in [0.1, 0.15) is 26.7 Å². The van der Waals surface area contributed by atoms with E-state index >= 15 is 0 Å². The van der Waals surface area contributed by atoms with Gasteiger partial charge in [-0.1, -0.05) is 13.8 Å². The molecular formula is C12H18NaO8S2+. The molecule has 23 heavy (non-hydrogen) atoms. The van der Waals surface area contributed by atoms with Crippen LogP contribution < -0.4 is 39.0 Å². The maximum atomic E-state index is 11.0. The quantitative estimate of drug-likeness (QED) is 0.423. The molecule has 0 heterocycles. The molecule has 2 unspecified atom stereocenters. The van der Waals surface area contributed by atoms with E-state index in [0.29, 0.717) is 0 Å². The van der Waals surface area contributed by atoms with Gasteiger partial charge in [-0.05, 0) is 37.1 Å². The predicted octanol–water partition coefficient (Wildman–Crippen LogP) is -1.30. The first-order valence-corrected chi connectivity index (χ1v) is 9.44. The van der Waals surface area contributed by atoms with E-state index in [9.17, 15) is 16.8 Å². The Labute approximate surface area is 158 Å². The zero-order valence-corrected chi connectivity index (χ0v) is 16.7. The van der Waals surface area contributed by atoms with Gasteiger partial charge >= 0.3 is 49.8 Å². The summed E-state index contributed by atoms with van der Waals surface area (Å²) in [6.45, 7) is 3.07. The summed E-state index contributed by atoms with van der Waals surface area (Å²) < 4.78 is 72.3. The van der Waals surface area contributed by atoms with Gasteiger partial charge in [-0.3, -0.25) is 9.11 Å². The molecule has 2 N–H and O–H groups in total. The molecule has 0 aromatic heterocycles. The first-order valence-electron chi connectivity index (χ1n) is 6.43. The molecule has 126 valence electrons. The molecule has 8 nitrogen and oxygen atoms in total. The summed E-state index contributed by atoms with van der Waals surface area (Å²) in [5.41, 5.74) is -2.78. The third-order valence-corrected chi connectivity index (χ3v) is 4.88. The van der Waals surface area contributed by atoms with Crippen LogP contribution >= 0.6 is 0 Å². The molecule has 1 aromatic carbocycles. The van der Waals surface area contributed by atoms with E-state index in [1.807, 2.05) is 0 Å². The molecule has 0 bridgehead atoms. The van der Waals surface area contributed by atoms with Crippen molar-refractivity contribution in [1.29, 1.82) is 0 Å². The minimum atomic E-state index is -4.33. The molecule has 0 fully saturated rings. The van der Waals surface area contributed by atoms with Gasteiger partial charge in [-0.2, -0.15) is 16.8 Å². The second-order valence-electron chi connectivity index (χ2n) is 4.41. The van der Waals surface area contributed by atoms with E-state index in [0.717, 1.165) is 0 Å². The van der Waals surface area contributed by atoms with Gasteiger partial charge in [-0.25, -0.2) is 0 Å². The zero-order valence-electron chi connectivity index (χ0n) is 13.0. The van der Waals surface area contributed by atoms with E-state index in [1.54, 1.807) is 0 Å². The van der Waals surface area contributed by atoms with Crippen LogP contribution in [0.3, 0.4) is 0 Å². The number of rotatable bonds is 8. The third kappa shape index (κ3) is 7.38. The second kappa shape index (κ2) is 9.21. The van der Waals surface area contributed by atoms with Gasteiger partial charge in [0.1, 0.15) is 11.5 Å². The molecule has 0 aliphatic rings. The standard InChI is InChI=1S/C12H18O8S2.Na/c1-3-11(21(13,14)15)19-9-5-7-10(8-6-9)20-12(4-2)22(16,17)18;/h5-8,11-12H,3-4H2,1-2H3,(H,13,14,15)(H,16,17,18);/q;+1.